The highest BCUT2D eigenvalue weighted by atomic mass is 32.1. The zero-order valence-electron chi connectivity index (χ0n) is 8.09. The molecular formula is C8H13N3O2S. The van der Waals surface area contributed by atoms with Crippen LogP contribution >= 0.6 is 12.2 Å². The molecule has 78 valence electrons. The standard InChI is InChI=1S/C8H13N3O2S/c1-9-6(7(12)13-2)3-5-4-10-8(14)11-5/h4,6,9H,3H2,1-2H3,(H2,10,11,14). The molecule has 0 aromatic carbocycles. The Bertz CT molecular complexity index is 357. The summed E-state index contributed by atoms with van der Waals surface area (Å²) in [4.78, 5) is 17.0. The number of carbonyl (C=O) groups excluding carboxylic acids is 1. The van der Waals surface area contributed by atoms with Crippen LogP contribution in [-0.2, 0) is 16.0 Å². The van der Waals surface area contributed by atoms with Crippen molar-refractivity contribution in [2.75, 3.05) is 14.2 Å². The third-order valence-corrected chi connectivity index (χ3v) is 2.13. The molecule has 3 N–H and O–H groups in total. The lowest BCUT2D eigenvalue weighted by atomic mass is 10.2. The first-order chi connectivity index (χ1) is 6.67. The van der Waals surface area contributed by atoms with E-state index in [9.17, 15) is 4.79 Å². The minimum absolute atomic E-state index is 0.284. The molecule has 1 unspecified atom stereocenters. The zero-order chi connectivity index (χ0) is 10.6. The van der Waals surface area contributed by atoms with Gasteiger partial charge in [0.25, 0.3) is 0 Å². The molecule has 0 radical (unpaired) electrons. The van der Waals surface area contributed by atoms with Gasteiger partial charge in [0.15, 0.2) is 4.77 Å². The largest absolute Gasteiger partial charge is 0.468 e. The molecule has 5 nitrogen and oxygen atoms in total. The van der Waals surface area contributed by atoms with Gasteiger partial charge in [-0.3, -0.25) is 4.79 Å². The normalized spacial score (nSPS) is 12.4. The van der Waals surface area contributed by atoms with Gasteiger partial charge in [-0.05, 0) is 19.3 Å². The lowest BCUT2D eigenvalue weighted by Crippen LogP contribution is -2.36. The smallest absolute Gasteiger partial charge is 0.323 e. The maximum absolute atomic E-state index is 11.2. The lowest BCUT2D eigenvalue weighted by Gasteiger charge is -2.11. The first-order valence-electron chi connectivity index (χ1n) is 4.19. The number of imidazole rings is 1. The number of rotatable bonds is 4. The topological polar surface area (TPSA) is 69.9 Å². The molecule has 1 rings (SSSR count). The fraction of sp³-hybridized carbons (Fsp3) is 0.500. The molecule has 0 saturated heterocycles. The fourth-order valence-electron chi connectivity index (χ4n) is 1.15. The number of carbonyl (C=O) groups is 1. The van der Waals surface area contributed by atoms with Crippen molar-refractivity contribution in [3.8, 4) is 0 Å². The Balaban J connectivity index is 2.65. The van der Waals surface area contributed by atoms with Crippen LogP contribution in [0.1, 0.15) is 5.69 Å². The van der Waals surface area contributed by atoms with E-state index in [-0.39, 0.29) is 12.0 Å². The van der Waals surface area contributed by atoms with Gasteiger partial charge in [-0.1, -0.05) is 0 Å². The molecule has 1 aromatic heterocycles. The van der Waals surface area contributed by atoms with Crippen LogP contribution in [0.2, 0.25) is 0 Å². The minimum atomic E-state index is -0.346. The van der Waals surface area contributed by atoms with Gasteiger partial charge in [0.2, 0.25) is 0 Å². The first-order valence-corrected chi connectivity index (χ1v) is 4.60. The number of esters is 1. The molecular weight excluding hydrogens is 202 g/mol. The third kappa shape index (κ3) is 2.68. The summed E-state index contributed by atoms with van der Waals surface area (Å²) in [6.45, 7) is 0. The number of methoxy groups -OCH3 is 1. The number of likely N-dealkylation sites (N-methyl/N-ethyl adjacent to an activating group) is 1. The van der Waals surface area contributed by atoms with Crippen LogP contribution in [0.5, 0.6) is 0 Å². The van der Waals surface area contributed by atoms with Gasteiger partial charge in [-0.15, -0.1) is 0 Å². The van der Waals surface area contributed by atoms with Crippen LogP contribution in [-0.4, -0.2) is 36.1 Å². The number of hydrogen-bond donors (Lipinski definition) is 3. The van der Waals surface area contributed by atoms with Gasteiger partial charge in [0, 0.05) is 18.3 Å². The molecule has 0 bridgehead atoms. The van der Waals surface area contributed by atoms with Crippen molar-refractivity contribution in [2.24, 2.45) is 0 Å². The SMILES string of the molecule is CNC(Cc1c[nH]c(=S)[nH]1)C(=O)OC. The predicted molar refractivity (Wildman–Crippen MR) is 54.5 cm³/mol. The maximum atomic E-state index is 11.2. The fourth-order valence-corrected chi connectivity index (χ4v) is 1.34. The monoisotopic (exact) mass is 215 g/mol. The number of ether oxygens (including phenoxy) is 1. The maximum Gasteiger partial charge on any atom is 0.323 e. The number of hydrogen-bond acceptors (Lipinski definition) is 4. The molecule has 1 atom stereocenters. The second-order valence-electron chi connectivity index (χ2n) is 2.84. The van der Waals surface area contributed by atoms with Crippen molar-refractivity contribution in [1.29, 1.82) is 0 Å². The highest BCUT2D eigenvalue weighted by molar-refractivity contribution is 7.71. The van der Waals surface area contributed by atoms with E-state index in [1.165, 1.54) is 7.11 Å². The second-order valence-corrected chi connectivity index (χ2v) is 3.24. The summed E-state index contributed by atoms with van der Waals surface area (Å²) in [6, 6.07) is -0.346. The van der Waals surface area contributed by atoms with Crippen LogP contribution in [0.25, 0.3) is 0 Å². The number of aromatic nitrogens is 2. The Morgan fingerprint density at radius 1 is 1.79 bits per heavy atom. The van der Waals surface area contributed by atoms with E-state index >= 15 is 0 Å². The molecule has 0 aliphatic carbocycles. The van der Waals surface area contributed by atoms with Crippen molar-refractivity contribution in [3.05, 3.63) is 16.7 Å². The summed E-state index contributed by atoms with van der Waals surface area (Å²) in [5.41, 5.74) is 0.875. The number of nitrogens with one attached hydrogen (secondary N) is 3. The second kappa shape index (κ2) is 4.92. The average Bonchev–Trinajstić information content (AvgIpc) is 2.59. The van der Waals surface area contributed by atoms with Gasteiger partial charge in [0.1, 0.15) is 6.04 Å². The van der Waals surface area contributed by atoms with Gasteiger partial charge < -0.3 is 20.0 Å². The Labute approximate surface area is 86.9 Å². The summed E-state index contributed by atoms with van der Waals surface area (Å²) in [5.74, 6) is -0.284. The van der Waals surface area contributed by atoms with Gasteiger partial charge in [0.05, 0.1) is 7.11 Å². The van der Waals surface area contributed by atoms with Crippen LogP contribution in [0.3, 0.4) is 0 Å². The van der Waals surface area contributed by atoms with Crippen LogP contribution in [0.15, 0.2) is 6.20 Å². The summed E-state index contributed by atoms with van der Waals surface area (Å²) >= 11 is 4.87. The van der Waals surface area contributed by atoms with Crippen LogP contribution in [0, 0.1) is 4.77 Å². The molecule has 0 amide bonds. The zero-order valence-corrected chi connectivity index (χ0v) is 8.90. The van der Waals surface area contributed by atoms with E-state index in [0.29, 0.717) is 11.2 Å². The quantitative estimate of drug-likeness (QED) is 0.501. The Morgan fingerprint density at radius 2 is 2.50 bits per heavy atom. The summed E-state index contributed by atoms with van der Waals surface area (Å²) in [6.07, 6.45) is 2.27. The van der Waals surface area contributed by atoms with Gasteiger partial charge in [-0.2, -0.15) is 0 Å². The van der Waals surface area contributed by atoms with Gasteiger partial charge in [-0.25, -0.2) is 0 Å². The van der Waals surface area contributed by atoms with Crippen LogP contribution in [0.4, 0.5) is 0 Å². The van der Waals surface area contributed by atoms with E-state index in [4.69, 9.17) is 12.2 Å². The lowest BCUT2D eigenvalue weighted by molar-refractivity contribution is -0.142. The Hall–Kier alpha value is -1.14. The minimum Gasteiger partial charge on any atom is -0.468 e. The molecule has 1 heterocycles. The third-order valence-electron chi connectivity index (χ3n) is 1.91. The van der Waals surface area contributed by atoms with Crippen molar-refractivity contribution < 1.29 is 9.53 Å². The predicted octanol–water partition coefficient (Wildman–Crippen LogP) is 0.376. The van der Waals surface area contributed by atoms with Crippen molar-refractivity contribution in [2.45, 2.75) is 12.5 Å². The number of H-pyrrole nitrogens is 2. The highest BCUT2D eigenvalue weighted by Crippen LogP contribution is 2.00. The van der Waals surface area contributed by atoms with Crippen molar-refractivity contribution in [1.82, 2.24) is 15.3 Å². The van der Waals surface area contributed by atoms with Crippen molar-refractivity contribution >= 4 is 18.2 Å². The van der Waals surface area contributed by atoms with E-state index in [0.717, 1.165) is 5.69 Å². The molecule has 1 aromatic rings. The molecule has 6 heteroatoms. The van der Waals surface area contributed by atoms with Gasteiger partial charge >= 0.3 is 5.97 Å². The Kier molecular flexibility index (Phi) is 3.84. The molecule has 0 aliphatic heterocycles. The Morgan fingerprint density at radius 3 is 2.93 bits per heavy atom. The first kappa shape index (κ1) is 10.9. The summed E-state index contributed by atoms with van der Waals surface area (Å²) < 4.78 is 5.19. The van der Waals surface area contributed by atoms with E-state index in [2.05, 4.69) is 20.0 Å². The van der Waals surface area contributed by atoms with Crippen LogP contribution < -0.4 is 5.32 Å². The summed E-state index contributed by atoms with van der Waals surface area (Å²) in [5, 5.41) is 2.87. The molecule has 0 fully saturated rings. The number of aromatic amines is 2. The van der Waals surface area contributed by atoms with Crippen molar-refractivity contribution in [3.63, 3.8) is 0 Å². The summed E-state index contributed by atoms with van der Waals surface area (Å²) in [7, 11) is 3.08. The molecule has 0 aliphatic rings. The molecule has 0 spiro atoms. The molecule has 14 heavy (non-hydrogen) atoms. The van der Waals surface area contributed by atoms with E-state index < -0.39 is 0 Å². The van der Waals surface area contributed by atoms with E-state index in [1.807, 2.05) is 0 Å². The molecule has 0 saturated carbocycles. The highest BCUT2D eigenvalue weighted by Gasteiger charge is 2.17. The van der Waals surface area contributed by atoms with E-state index in [1.54, 1.807) is 13.2 Å². The average molecular weight is 215 g/mol.